The maximum Gasteiger partial charge on any atom is 0.332 e. The van der Waals surface area contributed by atoms with Crippen LogP contribution >= 0.6 is 0 Å². The number of carbonyl (C=O) groups is 4. The van der Waals surface area contributed by atoms with Crippen molar-refractivity contribution in [2.75, 3.05) is 26.3 Å². The van der Waals surface area contributed by atoms with E-state index in [1.807, 2.05) is 0 Å². The average molecular weight is 519 g/mol. The number of carbonyl (C=O) groups excluding carboxylic acids is 4. The minimum absolute atomic E-state index is 0.142. The third-order valence-electron chi connectivity index (χ3n) is 7.77. The highest BCUT2D eigenvalue weighted by Gasteiger charge is 2.62. The normalized spacial score (nSPS) is 37.8. The minimum atomic E-state index is -1.03. The second kappa shape index (κ2) is 10.9. The number of ether oxygens (including phenoxy) is 3. The molecule has 0 spiro atoms. The van der Waals surface area contributed by atoms with Gasteiger partial charge in [0.2, 0.25) is 11.8 Å². The van der Waals surface area contributed by atoms with Gasteiger partial charge in [0.25, 0.3) is 0 Å². The van der Waals surface area contributed by atoms with E-state index < -0.39 is 35.1 Å². The van der Waals surface area contributed by atoms with Crippen molar-refractivity contribution in [2.45, 2.75) is 74.9 Å². The summed E-state index contributed by atoms with van der Waals surface area (Å²) in [4.78, 5) is 50.7. The van der Waals surface area contributed by atoms with E-state index in [0.29, 0.717) is 38.8 Å². The van der Waals surface area contributed by atoms with Crippen LogP contribution in [0.5, 0.6) is 0 Å². The highest BCUT2D eigenvalue weighted by Crippen LogP contribution is 2.46. The Morgan fingerprint density at radius 2 is 1.22 bits per heavy atom. The molecule has 4 fully saturated rings. The van der Waals surface area contributed by atoms with Gasteiger partial charge in [0.15, 0.2) is 0 Å². The monoisotopic (exact) mass is 518 g/mol. The van der Waals surface area contributed by atoms with E-state index in [1.54, 1.807) is 26.0 Å². The molecule has 0 radical (unpaired) electrons. The molecule has 8 unspecified atom stereocenters. The molecule has 0 aromatic carbocycles. The summed E-state index contributed by atoms with van der Waals surface area (Å²) in [6.07, 6.45) is 4.77. The molecule has 4 rings (SSSR count). The Hall–Kier alpha value is -2.76. The summed E-state index contributed by atoms with van der Waals surface area (Å²) in [6, 6.07) is -0.989. The molecular formula is C26H38N4O7. The van der Waals surface area contributed by atoms with Crippen molar-refractivity contribution >= 4 is 23.8 Å². The van der Waals surface area contributed by atoms with Crippen molar-refractivity contribution in [3.05, 3.63) is 25.3 Å². The molecule has 4 aliphatic rings. The maximum atomic E-state index is 12.9. The van der Waals surface area contributed by atoms with Gasteiger partial charge >= 0.3 is 11.9 Å². The third-order valence-corrected chi connectivity index (χ3v) is 7.77. The van der Waals surface area contributed by atoms with Gasteiger partial charge in [0.1, 0.15) is 11.1 Å². The summed E-state index contributed by atoms with van der Waals surface area (Å²) in [7, 11) is 0. The molecule has 2 saturated heterocycles. The Balaban J connectivity index is 1.24. The Bertz CT molecular complexity index is 883. The summed E-state index contributed by atoms with van der Waals surface area (Å²) >= 11 is 0. The molecule has 2 aliphatic heterocycles. The lowest BCUT2D eigenvalue weighted by Crippen LogP contribution is -2.51. The van der Waals surface area contributed by atoms with Crippen LogP contribution in [-0.2, 0) is 33.4 Å². The molecule has 4 N–H and O–H groups in total. The molecule has 2 saturated carbocycles. The molecular weight excluding hydrogens is 480 g/mol. The van der Waals surface area contributed by atoms with Crippen LogP contribution in [0.2, 0.25) is 0 Å². The van der Waals surface area contributed by atoms with Gasteiger partial charge in [-0.25, -0.2) is 9.59 Å². The van der Waals surface area contributed by atoms with Gasteiger partial charge in [-0.1, -0.05) is 12.2 Å². The Kier molecular flexibility index (Phi) is 8.05. The van der Waals surface area contributed by atoms with E-state index in [1.165, 1.54) is 0 Å². The van der Waals surface area contributed by atoms with Crippen LogP contribution in [0.1, 0.15) is 39.5 Å². The van der Waals surface area contributed by atoms with Crippen LogP contribution in [0.25, 0.3) is 0 Å². The first kappa shape index (κ1) is 27.3. The van der Waals surface area contributed by atoms with Gasteiger partial charge in [-0.05, 0) is 39.5 Å². The molecule has 11 nitrogen and oxygen atoms in total. The average Bonchev–Trinajstić information content (AvgIpc) is 3.61. The van der Waals surface area contributed by atoms with Crippen molar-refractivity contribution < 1.29 is 33.4 Å². The predicted octanol–water partition coefficient (Wildman–Crippen LogP) is -0.288. The zero-order valence-corrected chi connectivity index (χ0v) is 21.5. The molecule has 0 aromatic rings. The first-order chi connectivity index (χ1) is 17.7. The van der Waals surface area contributed by atoms with Crippen molar-refractivity contribution in [2.24, 2.45) is 11.8 Å². The fourth-order valence-electron chi connectivity index (χ4n) is 5.42. The Morgan fingerprint density at radius 3 is 1.54 bits per heavy atom. The summed E-state index contributed by atoms with van der Waals surface area (Å²) in [5.74, 6) is -1.69. The maximum absolute atomic E-state index is 12.9. The summed E-state index contributed by atoms with van der Waals surface area (Å²) < 4.78 is 16.5. The van der Waals surface area contributed by atoms with Gasteiger partial charge in [-0.2, -0.15) is 0 Å². The number of hydrogen-bond acceptors (Lipinski definition) is 9. The van der Waals surface area contributed by atoms with Gasteiger partial charge in [0, 0.05) is 24.9 Å². The van der Waals surface area contributed by atoms with Crippen LogP contribution in [-0.4, -0.2) is 85.4 Å². The predicted molar refractivity (Wildman–Crippen MR) is 133 cm³/mol. The quantitative estimate of drug-likeness (QED) is 0.202. The van der Waals surface area contributed by atoms with E-state index in [2.05, 4.69) is 34.4 Å². The van der Waals surface area contributed by atoms with Crippen LogP contribution in [0.4, 0.5) is 0 Å². The topological polar surface area (TPSA) is 144 Å². The number of nitrogens with one attached hydrogen (secondary N) is 4. The number of rotatable bonds is 12. The van der Waals surface area contributed by atoms with Crippen molar-refractivity contribution in [3.8, 4) is 0 Å². The second-order valence-electron chi connectivity index (χ2n) is 10.2. The highest BCUT2D eigenvalue weighted by atomic mass is 16.5. The van der Waals surface area contributed by atoms with Gasteiger partial charge < -0.3 is 35.5 Å². The van der Waals surface area contributed by atoms with E-state index in [9.17, 15) is 19.2 Å². The molecule has 0 aromatic heterocycles. The highest BCUT2D eigenvalue weighted by molar-refractivity contribution is 5.94. The number of hydrogen-bond donors (Lipinski definition) is 4. The molecule has 2 heterocycles. The van der Waals surface area contributed by atoms with Crippen LogP contribution in [0.15, 0.2) is 25.3 Å². The SMILES string of the molecule is C=CC1CC1(NC(=O)C1CC(OC2CNC(C(=O)NC3(C(=O)OCC)CC3C=C)C2)CN1)C(=O)OCC. The van der Waals surface area contributed by atoms with Gasteiger partial charge in [-0.15, -0.1) is 13.2 Å². The van der Waals surface area contributed by atoms with Crippen LogP contribution in [0, 0.1) is 11.8 Å². The third kappa shape index (κ3) is 5.44. The van der Waals surface area contributed by atoms with Crippen LogP contribution in [0.3, 0.4) is 0 Å². The zero-order chi connectivity index (χ0) is 26.8. The molecule has 2 amide bonds. The molecule has 2 aliphatic carbocycles. The van der Waals surface area contributed by atoms with Crippen LogP contribution < -0.4 is 21.3 Å². The van der Waals surface area contributed by atoms with E-state index >= 15 is 0 Å². The number of amides is 2. The molecule has 8 atom stereocenters. The molecule has 11 heteroatoms. The summed E-state index contributed by atoms with van der Waals surface area (Å²) in [5.41, 5.74) is -2.06. The van der Waals surface area contributed by atoms with E-state index in [0.717, 1.165) is 0 Å². The lowest BCUT2D eigenvalue weighted by atomic mass is 10.1. The van der Waals surface area contributed by atoms with E-state index in [-0.39, 0.29) is 49.1 Å². The Labute approximate surface area is 217 Å². The Morgan fingerprint density at radius 1 is 0.811 bits per heavy atom. The first-order valence-electron chi connectivity index (χ1n) is 13.1. The summed E-state index contributed by atoms with van der Waals surface area (Å²) in [6.45, 7) is 12.4. The van der Waals surface area contributed by atoms with Gasteiger partial charge in [0.05, 0.1) is 37.5 Å². The standard InChI is InChI=1S/C26H38N4O7/c1-5-15-11-25(15,23(33)35-7-3)29-21(31)19-9-17(13-27-19)37-18-10-20(28-14-18)22(32)30-26(12-16(26)6-2)24(34)36-8-4/h5-6,15-20,27-28H,1-2,7-14H2,3-4H3,(H,29,31)(H,30,32). The van der Waals surface area contributed by atoms with Crippen molar-refractivity contribution in [1.29, 1.82) is 0 Å². The lowest BCUT2D eigenvalue weighted by molar-refractivity contribution is -0.149. The second-order valence-corrected chi connectivity index (χ2v) is 10.2. The smallest absolute Gasteiger partial charge is 0.332 e. The minimum Gasteiger partial charge on any atom is -0.464 e. The van der Waals surface area contributed by atoms with Gasteiger partial charge in [-0.3, -0.25) is 9.59 Å². The molecule has 0 bridgehead atoms. The number of esters is 2. The van der Waals surface area contributed by atoms with Crippen molar-refractivity contribution in [3.63, 3.8) is 0 Å². The van der Waals surface area contributed by atoms with E-state index in [4.69, 9.17) is 14.2 Å². The lowest BCUT2D eigenvalue weighted by Gasteiger charge is -2.21. The molecule has 37 heavy (non-hydrogen) atoms. The summed E-state index contributed by atoms with van der Waals surface area (Å²) in [5, 5.41) is 12.1. The first-order valence-corrected chi connectivity index (χ1v) is 13.1. The fourth-order valence-corrected chi connectivity index (χ4v) is 5.42. The molecule has 204 valence electrons. The zero-order valence-electron chi connectivity index (χ0n) is 21.5. The van der Waals surface area contributed by atoms with Crippen molar-refractivity contribution in [1.82, 2.24) is 21.3 Å². The largest absolute Gasteiger partial charge is 0.464 e. The fraction of sp³-hybridized carbons (Fsp3) is 0.692.